The Labute approximate surface area is 194 Å². The molecule has 2 saturated heterocycles. The van der Waals surface area contributed by atoms with Gasteiger partial charge in [0.1, 0.15) is 17.9 Å². The van der Waals surface area contributed by atoms with Gasteiger partial charge in [-0.3, -0.25) is 9.80 Å². The fourth-order valence-electron chi connectivity index (χ4n) is 4.95. The van der Waals surface area contributed by atoms with E-state index < -0.39 is 0 Å². The summed E-state index contributed by atoms with van der Waals surface area (Å²) in [7, 11) is 1.69. The van der Waals surface area contributed by atoms with Crippen molar-refractivity contribution in [3.05, 3.63) is 83.3 Å². The highest BCUT2D eigenvalue weighted by Crippen LogP contribution is 2.36. The van der Waals surface area contributed by atoms with Gasteiger partial charge in [0, 0.05) is 31.0 Å². The second-order valence-corrected chi connectivity index (χ2v) is 8.70. The first-order chi connectivity index (χ1) is 16.1. The molecule has 0 aliphatic carbocycles. The molecule has 2 fully saturated rings. The molecule has 7 heteroatoms. The largest absolute Gasteiger partial charge is 0.495 e. The van der Waals surface area contributed by atoms with Gasteiger partial charge in [0.2, 0.25) is 0 Å². The lowest BCUT2D eigenvalue weighted by atomic mass is 9.99. The summed E-state index contributed by atoms with van der Waals surface area (Å²) in [5.41, 5.74) is 5.34. The molecule has 0 saturated carbocycles. The van der Waals surface area contributed by atoms with Crippen LogP contribution >= 0.6 is 0 Å². The summed E-state index contributed by atoms with van der Waals surface area (Å²) in [5, 5.41) is 3.72. The number of ether oxygens (including phenoxy) is 1. The van der Waals surface area contributed by atoms with E-state index >= 15 is 0 Å². The highest BCUT2D eigenvalue weighted by Gasteiger charge is 2.40. The minimum absolute atomic E-state index is 0.139. The average molecular weight is 448 g/mol. The van der Waals surface area contributed by atoms with Gasteiger partial charge in [-0.2, -0.15) is 0 Å². The van der Waals surface area contributed by atoms with E-state index in [0.29, 0.717) is 0 Å². The number of nitrogens with zero attached hydrogens (tertiary/aromatic N) is 4. The lowest BCUT2D eigenvalue weighted by molar-refractivity contribution is -0.0134. The van der Waals surface area contributed by atoms with E-state index in [2.05, 4.69) is 51.3 Å². The van der Waals surface area contributed by atoms with Gasteiger partial charge in [0.25, 0.3) is 0 Å². The smallest absolute Gasteiger partial charge is 0.143 e. The SMILES string of the molecule is CCN1CC[C@@H](c2ccc(F)cc2)N2C/C(=C/c3ccc(-n4cnc(C)c4)c(OC)c3)NC12. The maximum Gasteiger partial charge on any atom is 0.143 e. The summed E-state index contributed by atoms with van der Waals surface area (Å²) in [6.07, 6.45) is 7.15. The van der Waals surface area contributed by atoms with Crippen molar-refractivity contribution in [3.8, 4) is 11.4 Å². The number of hydrogen-bond donors (Lipinski definition) is 1. The molecule has 2 aliphatic rings. The number of hydrogen-bond acceptors (Lipinski definition) is 5. The molecule has 33 heavy (non-hydrogen) atoms. The summed E-state index contributed by atoms with van der Waals surface area (Å²) in [6, 6.07) is 13.5. The molecule has 1 aromatic heterocycles. The van der Waals surface area contributed by atoms with Crippen molar-refractivity contribution in [2.24, 2.45) is 0 Å². The minimum atomic E-state index is -0.190. The number of benzene rings is 2. The Balaban J connectivity index is 1.42. The van der Waals surface area contributed by atoms with Gasteiger partial charge < -0.3 is 14.6 Å². The van der Waals surface area contributed by atoms with Gasteiger partial charge in [-0.15, -0.1) is 0 Å². The number of rotatable bonds is 5. The highest BCUT2D eigenvalue weighted by molar-refractivity contribution is 5.60. The fraction of sp³-hybridized carbons (Fsp3) is 0.346. The van der Waals surface area contributed by atoms with E-state index in [9.17, 15) is 4.39 Å². The number of imidazole rings is 1. The normalized spacial score (nSPS) is 22.4. The third-order valence-electron chi connectivity index (χ3n) is 6.61. The zero-order valence-corrected chi connectivity index (χ0v) is 19.3. The minimum Gasteiger partial charge on any atom is -0.495 e. The number of fused-ring (bicyclic) bond motifs is 1. The van der Waals surface area contributed by atoms with E-state index in [1.165, 1.54) is 11.3 Å². The van der Waals surface area contributed by atoms with Crippen LogP contribution in [0.3, 0.4) is 0 Å². The van der Waals surface area contributed by atoms with Gasteiger partial charge in [0.05, 0.1) is 24.8 Å². The molecular formula is C26H30FN5O. The molecule has 2 aromatic carbocycles. The molecule has 6 nitrogen and oxygen atoms in total. The Hall–Kier alpha value is -3.16. The third kappa shape index (κ3) is 4.26. The van der Waals surface area contributed by atoms with Gasteiger partial charge in [-0.05, 0) is 61.4 Å². The maximum absolute atomic E-state index is 13.5. The van der Waals surface area contributed by atoms with E-state index in [0.717, 1.165) is 48.7 Å². The van der Waals surface area contributed by atoms with Crippen LogP contribution in [0.5, 0.6) is 5.75 Å². The van der Waals surface area contributed by atoms with Crippen LogP contribution < -0.4 is 10.1 Å². The molecule has 0 spiro atoms. The standard InChI is InChI=1S/C26H30FN5O/c1-4-30-12-11-23(20-6-8-21(27)9-7-20)32-16-22(29-26(30)32)13-19-5-10-24(25(14-19)33-3)31-15-18(2)28-17-31/h5-10,13-15,17,23,26,29H,4,11-12,16H2,1-3H3/b22-13-/t23-,26?/m0/s1. The Morgan fingerprint density at radius 3 is 2.73 bits per heavy atom. The van der Waals surface area contributed by atoms with Gasteiger partial charge in [-0.1, -0.05) is 25.1 Å². The summed E-state index contributed by atoms with van der Waals surface area (Å²) in [6.45, 7) is 6.97. The van der Waals surface area contributed by atoms with Crippen molar-refractivity contribution >= 4 is 6.08 Å². The van der Waals surface area contributed by atoms with Crippen molar-refractivity contribution in [1.29, 1.82) is 0 Å². The van der Waals surface area contributed by atoms with Gasteiger partial charge >= 0.3 is 0 Å². The number of nitrogens with one attached hydrogen (secondary N) is 1. The summed E-state index contributed by atoms with van der Waals surface area (Å²) in [4.78, 5) is 9.25. The molecule has 1 unspecified atom stereocenters. The lowest BCUT2D eigenvalue weighted by Crippen LogP contribution is -2.55. The number of aromatic nitrogens is 2. The molecule has 172 valence electrons. The summed E-state index contributed by atoms with van der Waals surface area (Å²) < 4.78 is 21.1. The van der Waals surface area contributed by atoms with Crippen LogP contribution in [0.2, 0.25) is 0 Å². The van der Waals surface area contributed by atoms with Crippen molar-refractivity contribution < 1.29 is 9.13 Å². The molecule has 2 atom stereocenters. The first kappa shape index (κ1) is 21.7. The molecule has 2 aliphatic heterocycles. The molecule has 3 heterocycles. The molecule has 0 amide bonds. The second-order valence-electron chi connectivity index (χ2n) is 8.70. The average Bonchev–Trinajstić information content (AvgIpc) is 3.45. The monoisotopic (exact) mass is 447 g/mol. The van der Waals surface area contributed by atoms with Crippen LogP contribution in [0.25, 0.3) is 11.8 Å². The quantitative estimate of drug-likeness (QED) is 0.631. The summed E-state index contributed by atoms with van der Waals surface area (Å²) in [5.74, 6) is 0.613. The molecule has 3 aromatic rings. The second kappa shape index (κ2) is 9.00. The van der Waals surface area contributed by atoms with Gasteiger partial charge in [0.15, 0.2) is 0 Å². The van der Waals surface area contributed by atoms with Crippen LogP contribution in [0.1, 0.15) is 36.2 Å². The highest BCUT2D eigenvalue weighted by atomic mass is 19.1. The predicted molar refractivity (Wildman–Crippen MR) is 127 cm³/mol. The number of aryl methyl sites for hydroxylation is 1. The summed E-state index contributed by atoms with van der Waals surface area (Å²) >= 11 is 0. The van der Waals surface area contributed by atoms with Crippen LogP contribution in [0.4, 0.5) is 4.39 Å². The molecule has 5 rings (SSSR count). The topological polar surface area (TPSA) is 45.6 Å². The van der Waals surface area contributed by atoms with Crippen molar-refractivity contribution in [1.82, 2.24) is 24.7 Å². The zero-order valence-electron chi connectivity index (χ0n) is 19.3. The fourth-order valence-corrected chi connectivity index (χ4v) is 4.95. The maximum atomic E-state index is 13.5. The van der Waals surface area contributed by atoms with E-state index in [1.54, 1.807) is 25.6 Å². The number of halogens is 1. The van der Waals surface area contributed by atoms with Crippen molar-refractivity contribution in [3.63, 3.8) is 0 Å². The first-order valence-corrected chi connectivity index (χ1v) is 11.5. The molecule has 1 N–H and O–H groups in total. The van der Waals surface area contributed by atoms with Crippen LogP contribution in [-0.2, 0) is 0 Å². The Kier molecular flexibility index (Phi) is 5.91. The third-order valence-corrected chi connectivity index (χ3v) is 6.61. The lowest BCUT2D eigenvalue weighted by Gasteiger charge is -2.43. The van der Waals surface area contributed by atoms with E-state index in [4.69, 9.17) is 4.74 Å². The predicted octanol–water partition coefficient (Wildman–Crippen LogP) is 4.33. The van der Waals surface area contributed by atoms with Crippen LogP contribution in [0.15, 0.2) is 60.7 Å². The van der Waals surface area contributed by atoms with Crippen molar-refractivity contribution in [2.45, 2.75) is 32.6 Å². The van der Waals surface area contributed by atoms with E-state index in [-0.39, 0.29) is 18.1 Å². The Morgan fingerprint density at radius 1 is 1.21 bits per heavy atom. The van der Waals surface area contributed by atoms with E-state index in [1.807, 2.05) is 29.8 Å². The Morgan fingerprint density at radius 2 is 2.03 bits per heavy atom. The van der Waals surface area contributed by atoms with Gasteiger partial charge in [-0.25, -0.2) is 9.37 Å². The van der Waals surface area contributed by atoms with Crippen LogP contribution in [-0.4, -0.2) is 52.4 Å². The Bertz CT molecular complexity index is 1160. The molecular weight excluding hydrogens is 417 g/mol. The number of methoxy groups -OCH3 is 1. The molecule has 0 radical (unpaired) electrons. The van der Waals surface area contributed by atoms with Crippen LogP contribution in [0, 0.1) is 12.7 Å². The first-order valence-electron chi connectivity index (χ1n) is 11.5. The van der Waals surface area contributed by atoms with Crippen molar-refractivity contribution in [2.75, 3.05) is 26.7 Å². The molecule has 0 bridgehead atoms. The zero-order chi connectivity index (χ0) is 22.9.